The molecule has 8 heteroatoms. The van der Waals surface area contributed by atoms with Gasteiger partial charge >= 0.3 is 7.82 Å². The van der Waals surface area contributed by atoms with E-state index in [4.69, 9.17) is 18.6 Å². The first kappa shape index (κ1) is 24.1. The van der Waals surface area contributed by atoms with Gasteiger partial charge in [-0.2, -0.15) is 0 Å². The molecule has 1 aromatic heterocycles. The Morgan fingerprint density at radius 2 is 1.69 bits per heavy atom. The summed E-state index contributed by atoms with van der Waals surface area (Å²) in [6.07, 6.45) is 1.54. The summed E-state index contributed by atoms with van der Waals surface area (Å²) in [6.45, 7) is 2.66. The first-order valence-corrected chi connectivity index (χ1v) is 12.0. The number of hydrogen-bond acceptors (Lipinski definition) is 6. The van der Waals surface area contributed by atoms with E-state index in [-0.39, 0.29) is 18.9 Å². The number of phosphoric acid groups is 1. The van der Waals surface area contributed by atoms with Crippen LogP contribution in [0.3, 0.4) is 0 Å². The van der Waals surface area contributed by atoms with Gasteiger partial charge in [-0.1, -0.05) is 48.5 Å². The summed E-state index contributed by atoms with van der Waals surface area (Å²) in [7, 11) is -0.898. The molecule has 3 rings (SSSR count). The fraction of sp³-hybridized carbons (Fsp3) is 0.333. The number of pyridine rings is 1. The zero-order chi connectivity index (χ0) is 23.0. The third-order valence-corrected chi connectivity index (χ3v) is 6.58. The number of rotatable bonds is 11. The molecule has 3 aromatic rings. The van der Waals surface area contributed by atoms with Crippen molar-refractivity contribution in [1.82, 2.24) is 10.3 Å². The van der Waals surface area contributed by atoms with Crippen molar-refractivity contribution in [2.24, 2.45) is 0 Å². The van der Waals surface area contributed by atoms with E-state index in [0.717, 1.165) is 33.3 Å². The van der Waals surface area contributed by atoms with Gasteiger partial charge in [-0.05, 0) is 42.5 Å². The number of benzene rings is 2. The standard InChI is InChI=1S/C24H29N2O5P/c1-18-21(17-23(27)25-15-9-10-16-31-32(28,29-2)30-3)24(19-11-5-4-6-12-19)20-13-7-8-14-22(20)26-18/h4-8,11-14H,9-10,15-17H2,1-3H3,(H,25,27). The lowest BCUT2D eigenvalue weighted by molar-refractivity contribution is -0.120. The van der Waals surface area contributed by atoms with E-state index in [1.807, 2.05) is 49.4 Å². The van der Waals surface area contributed by atoms with Crippen molar-refractivity contribution in [2.45, 2.75) is 26.2 Å². The molecule has 1 amide bonds. The summed E-state index contributed by atoms with van der Waals surface area (Å²) in [5, 5.41) is 3.99. The van der Waals surface area contributed by atoms with Gasteiger partial charge in [-0.3, -0.25) is 23.3 Å². The highest BCUT2D eigenvalue weighted by atomic mass is 31.2. The third-order valence-electron chi connectivity index (χ3n) is 5.19. The lowest BCUT2D eigenvalue weighted by atomic mass is 9.92. The molecule has 0 aliphatic rings. The molecule has 0 unspecified atom stereocenters. The molecule has 1 heterocycles. The van der Waals surface area contributed by atoms with Crippen molar-refractivity contribution in [3.63, 3.8) is 0 Å². The second-order valence-corrected chi connectivity index (χ2v) is 9.20. The van der Waals surface area contributed by atoms with Crippen molar-refractivity contribution in [2.75, 3.05) is 27.4 Å². The molecule has 170 valence electrons. The van der Waals surface area contributed by atoms with E-state index in [0.29, 0.717) is 19.4 Å². The van der Waals surface area contributed by atoms with E-state index < -0.39 is 7.82 Å². The van der Waals surface area contributed by atoms with Crippen molar-refractivity contribution in [3.05, 3.63) is 65.9 Å². The predicted octanol–water partition coefficient (Wildman–Crippen LogP) is 5.07. The maximum atomic E-state index is 12.7. The maximum Gasteiger partial charge on any atom is 0.474 e. The second-order valence-electron chi connectivity index (χ2n) is 7.31. The monoisotopic (exact) mass is 456 g/mol. The topological polar surface area (TPSA) is 86.8 Å². The van der Waals surface area contributed by atoms with Gasteiger partial charge in [0.05, 0.1) is 18.5 Å². The van der Waals surface area contributed by atoms with Crippen LogP contribution in [0.2, 0.25) is 0 Å². The number of aryl methyl sites for hydroxylation is 1. The summed E-state index contributed by atoms with van der Waals surface area (Å²) in [5.74, 6) is -0.0669. The number of carbonyl (C=O) groups excluding carboxylic acids is 1. The normalized spacial score (nSPS) is 11.6. The number of nitrogens with zero attached hydrogens (tertiary/aromatic N) is 1. The quantitative estimate of drug-likeness (QED) is 0.320. The minimum atomic E-state index is -3.45. The van der Waals surface area contributed by atoms with Gasteiger partial charge in [0.2, 0.25) is 5.91 Å². The van der Waals surface area contributed by atoms with Crippen LogP contribution in [0.1, 0.15) is 24.1 Å². The van der Waals surface area contributed by atoms with E-state index in [9.17, 15) is 9.36 Å². The Morgan fingerprint density at radius 3 is 2.41 bits per heavy atom. The minimum Gasteiger partial charge on any atom is -0.356 e. The first-order valence-electron chi connectivity index (χ1n) is 10.5. The predicted molar refractivity (Wildman–Crippen MR) is 125 cm³/mol. The van der Waals surface area contributed by atoms with Gasteiger partial charge in [0, 0.05) is 31.8 Å². The number of para-hydroxylation sites is 1. The Labute approximate surface area is 188 Å². The van der Waals surface area contributed by atoms with E-state index in [2.05, 4.69) is 17.4 Å². The lowest BCUT2D eigenvalue weighted by Crippen LogP contribution is -2.27. The molecule has 7 nitrogen and oxygen atoms in total. The fourth-order valence-corrected chi connectivity index (χ4v) is 4.27. The van der Waals surface area contributed by atoms with Crippen LogP contribution < -0.4 is 5.32 Å². The van der Waals surface area contributed by atoms with E-state index >= 15 is 0 Å². The average molecular weight is 456 g/mol. The Morgan fingerprint density at radius 1 is 1.00 bits per heavy atom. The zero-order valence-corrected chi connectivity index (χ0v) is 19.6. The number of amides is 1. The van der Waals surface area contributed by atoms with Crippen LogP contribution in [0.15, 0.2) is 54.6 Å². The molecule has 0 aliphatic carbocycles. The Kier molecular flexibility index (Phi) is 8.53. The molecule has 0 fully saturated rings. The van der Waals surface area contributed by atoms with Gasteiger partial charge in [0.15, 0.2) is 0 Å². The minimum absolute atomic E-state index is 0.0669. The Hall–Kier alpha value is -2.57. The first-order chi connectivity index (χ1) is 15.5. The highest BCUT2D eigenvalue weighted by molar-refractivity contribution is 7.48. The number of hydrogen-bond donors (Lipinski definition) is 1. The molecule has 0 bridgehead atoms. The summed E-state index contributed by atoms with van der Waals surface area (Å²) in [5.41, 5.74) is 4.80. The molecule has 0 atom stereocenters. The molecular formula is C24H29N2O5P. The third kappa shape index (κ3) is 6.02. The molecule has 32 heavy (non-hydrogen) atoms. The molecule has 0 aliphatic heterocycles. The number of aromatic nitrogens is 1. The SMILES string of the molecule is COP(=O)(OC)OCCCCNC(=O)Cc1c(C)nc2ccccc2c1-c1ccccc1. The molecule has 0 saturated carbocycles. The van der Waals surface area contributed by atoms with Crippen LogP contribution in [-0.4, -0.2) is 38.3 Å². The summed E-state index contributed by atoms with van der Waals surface area (Å²) < 4.78 is 26.4. The number of carbonyl (C=O) groups is 1. The van der Waals surface area contributed by atoms with Gasteiger partial charge in [0.1, 0.15) is 0 Å². The van der Waals surface area contributed by atoms with Gasteiger partial charge in [0.25, 0.3) is 0 Å². The summed E-state index contributed by atoms with van der Waals surface area (Å²) in [6, 6.07) is 18.1. The van der Waals surface area contributed by atoms with Gasteiger partial charge < -0.3 is 5.32 Å². The fourth-order valence-electron chi connectivity index (χ4n) is 3.56. The number of unbranched alkanes of at least 4 members (excludes halogenated alkanes) is 1. The molecule has 0 radical (unpaired) electrons. The second kappa shape index (κ2) is 11.3. The number of nitrogens with one attached hydrogen (secondary N) is 1. The Balaban J connectivity index is 1.66. The maximum absolute atomic E-state index is 12.7. The molecule has 1 N–H and O–H groups in total. The van der Waals surface area contributed by atoms with Gasteiger partial charge in [-0.15, -0.1) is 0 Å². The zero-order valence-electron chi connectivity index (χ0n) is 18.7. The lowest BCUT2D eigenvalue weighted by Gasteiger charge is -2.16. The van der Waals surface area contributed by atoms with Crippen LogP contribution in [-0.2, 0) is 29.4 Å². The van der Waals surface area contributed by atoms with Crippen LogP contribution >= 0.6 is 7.82 Å². The number of fused-ring (bicyclic) bond motifs is 1. The van der Waals surface area contributed by atoms with E-state index in [1.165, 1.54) is 14.2 Å². The Bertz CT molecular complexity index is 1100. The van der Waals surface area contributed by atoms with Crippen LogP contribution in [0.5, 0.6) is 0 Å². The molecular weight excluding hydrogens is 427 g/mol. The van der Waals surface area contributed by atoms with Crippen LogP contribution in [0, 0.1) is 6.92 Å². The van der Waals surface area contributed by atoms with Crippen molar-refractivity contribution in [3.8, 4) is 11.1 Å². The van der Waals surface area contributed by atoms with Gasteiger partial charge in [-0.25, -0.2) is 4.57 Å². The summed E-state index contributed by atoms with van der Waals surface area (Å²) >= 11 is 0. The van der Waals surface area contributed by atoms with Crippen LogP contribution in [0.25, 0.3) is 22.0 Å². The average Bonchev–Trinajstić information content (AvgIpc) is 2.82. The molecule has 0 saturated heterocycles. The van der Waals surface area contributed by atoms with E-state index in [1.54, 1.807) is 0 Å². The van der Waals surface area contributed by atoms with Crippen molar-refractivity contribution in [1.29, 1.82) is 0 Å². The molecule has 0 spiro atoms. The van der Waals surface area contributed by atoms with Crippen LogP contribution in [0.4, 0.5) is 0 Å². The molecule has 2 aromatic carbocycles. The number of phosphoric ester groups is 1. The smallest absolute Gasteiger partial charge is 0.356 e. The van der Waals surface area contributed by atoms with Crippen molar-refractivity contribution < 1.29 is 22.9 Å². The van der Waals surface area contributed by atoms with Crippen molar-refractivity contribution >= 4 is 24.6 Å². The summed E-state index contributed by atoms with van der Waals surface area (Å²) in [4.78, 5) is 17.4. The highest BCUT2D eigenvalue weighted by Crippen LogP contribution is 2.47. The highest BCUT2D eigenvalue weighted by Gasteiger charge is 2.22. The largest absolute Gasteiger partial charge is 0.474 e.